The second kappa shape index (κ2) is 5.85. The Labute approximate surface area is 123 Å². The Hall–Kier alpha value is -1.89. The molecule has 1 aliphatic rings. The van der Waals surface area contributed by atoms with E-state index in [0.29, 0.717) is 0 Å². The number of benzene rings is 1. The number of rotatable bonds is 6. The number of sulfone groups is 1. The lowest BCUT2D eigenvalue weighted by atomic mass is 10.1. The molecule has 6 nitrogen and oxygen atoms in total. The zero-order chi connectivity index (χ0) is 15.6. The highest BCUT2D eigenvalue weighted by Crippen LogP contribution is 2.28. The van der Waals surface area contributed by atoms with Gasteiger partial charge in [0.15, 0.2) is 0 Å². The quantitative estimate of drug-likeness (QED) is 0.847. The van der Waals surface area contributed by atoms with Gasteiger partial charge in [-0.2, -0.15) is 0 Å². The molecule has 1 saturated carbocycles. The summed E-state index contributed by atoms with van der Waals surface area (Å²) in [5, 5.41) is 8.96. The monoisotopic (exact) mass is 311 g/mol. The average Bonchev–Trinajstić information content (AvgIpc) is 3.22. The number of carboxylic acid groups (broad SMARTS) is 1. The van der Waals surface area contributed by atoms with Crippen molar-refractivity contribution in [3.63, 3.8) is 0 Å². The Bertz CT molecular complexity index is 664. The highest BCUT2D eigenvalue weighted by Gasteiger charge is 2.33. The minimum Gasteiger partial charge on any atom is -0.478 e. The maximum Gasteiger partial charge on any atom is 0.335 e. The summed E-state index contributed by atoms with van der Waals surface area (Å²) in [6.07, 6.45) is 2.84. The van der Waals surface area contributed by atoms with Crippen LogP contribution in [0, 0.1) is 0 Å². The van der Waals surface area contributed by atoms with Gasteiger partial charge in [0.2, 0.25) is 0 Å². The zero-order valence-electron chi connectivity index (χ0n) is 11.7. The van der Waals surface area contributed by atoms with Gasteiger partial charge in [0.1, 0.15) is 9.84 Å². The van der Waals surface area contributed by atoms with Crippen LogP contribution >= 0.6 is 0 Å². The standard InChI is InChI=1S/C14H17NO5S/c1-21(19,20)8-7-15(12-5-6-12)13(16)10-3-2-4-11(9-10)14(17)18/h2-4,9,12H,5-8H2,1H3,(H,17,18). The van der Waals surface area contributed by atoms with Crippen molar-refractivity contribution in [1.29, 1.82) is 0 Å². The van der Waals surface area contributed by atoms with Crippen LogP contribution in [0.25, 0.3) is 0 Å². The summed E-state index contributed by atoms with van der Waals surface area (Å²) in [5.74, 6) is -1.50. The number of hydrogen-bond acceptors (Lipinski definition) is 4. The largest absolute Gasteiger partial charge is 0.478 e. The summed E-state index contributed by atoms with van der Waals surface area (Å²) in [4.78, 5) is 24.9. The van der Waals surface area contributed by atoms with E-state index in [1.54, 1.807) is 6.07 Å². The van der Waals surface area contributed by atoms with Gasteiger partial charge in [0.05, 0.1) is 11.3 Å². The van der Waals surface area contributed by atoms with E-state index in [1.165, 1.54) is 23.1 Å². The fraction of sp³-hybridized carbons (Fsp3) is 0.429. The Morgan fingerprint density at radius 3 is 2.43 bits per heavy atom. The predicted octanol–water partition coefficient (Wildman–Crippen LogP) is 1.03. The van der Waals surface area contributed by atoms with Gasteiger partial charge in [-0.25, -0.2) is 13.2 Å². The molecular weight excluding hydrogens is 294 g/mol. The zero-order valence-corrected chi connectivity index (χ0v) is 12.5. The summed E-state index contributed by atoms with van der Waals surface area (Å²) in [6.45, 7) is 0.139. The number of carboxylic acids is 1. The molecule has 0 bridgehead atoms. The molecule has 0 heterocycles. The van der Waals surface area contributed by atoms with Crippen molar-refractivity contribution < 1.29 is 23.1 Å². The SMILES string of the molecule is CS(=O)(=O)CCN(C(=O)c1cccc(C(=O)O)c1)C1CC1. The highest BCUT2D eigenvalue weighted by molar-refractivity contribution is 7.90. The van der Waals surface area contributed by atoms with Gasteiger partial charge in [0.25, 0.3) is 5.91 Å². The minimum absolute atomic E-state index is 0.0414. The van der Waals surface area contributed by atoms with E-state index in [4.69, 9.17) is 5.11 Å². The molecule has 0 saturated heterocycles. The molecule has 1 fully saturated rings. The first-order valence-corrected chi connectivity index (χ1v) is 8.66. The van der Waals surface area contributed by atoms with Crippen molar-refractivity contribution in [2.24, 2.45) is 0 Å². The van der Waals surface area contributed by atoms with Crippen LogP contribution in [0.3, 0.4) is 0 Å². The van der Waals surface area contributed by atoms with Crippen LogP contribution in [-0.4, -0.2) is 54.9 Å². The molecule has 1 aromatic carbocycles. The summed E-state index contributed by atoms with van der Waals surface area (Å²) in [7, 11) is -3.15. The molecular formula is C14H17NO5S. The first-order valence-electron chi connectivity index (χ1n) is 6.60. The molecule has 0 aliphatic heterocycles. The lowest BCUT2D eigenvalue weighted by Gasteiger charge is -2.22. The molecule has 7 heteroatoms. The maximum absolute atomic E-state index is 12.5. The number of hydrogen-bond donors (Lipinski definition) is 1. The van der Waals surface area contributed by atoms with E-state index in [-0.39, 0.29) is 35.4 Å². The number of carbonyl (C=O) groups is 2. The number of aromatic carboxylic acids is 1. The lowest BCUT2D eigenvalue weighted by Crippen LogP contribution is -2.36. The van der Waals surface area contributed by atoms with Crippen LogP contribution in [0.4, 0.5) is 0 Å². The maximum atomic E-state index is 12.5. The number of nitrogens with zero attached hydrogens (tertiary/aromatic N) is 1. The Balaban J connectivity index is 2.18. The van der Waals surface area contributed by atoms with Gasteiger partial charge >= 0.3 is 5.97 Å². The molecule has 1 N–H and O–H groups in total. The van der Waals surface area contributed by atoms with Crippen LogP contribution in [-0.2, 0) is 9.84 Å². The number of carbonyl (C=O) groups excluding carboxylic acids is 1. The van der Waals surface area contributed by atoms with Gasteiger partial charge in [-0.05, 0) is 31.0 Å². The van der Waals surface area contributed by atoms with Crippen LogP contribution in [0.2, 0.25) is 0 Å². The molecule has 1 aromatic rings. The lowest BCUT2D eigenvalue weighted by molar-refractivity contribution is 0.0697. The normalized spacial score (nSPS) is 14.7. The predicted molar refractivity (Wildman–Crippen MR) is 77.2 cm³/mol. The Kier molecular flexibility index (Phi) is 4.32. The number of amides is 1. The molecule has 0 atom stereocenters. The Morgan fingerprint density at radius 1 is 1.29 bits per heavy atom. The average molecular weight is 311 g/mol. The van der Waals surface area contributed by atoms with Crippen LogP contribution in [0.5, 0.6) is 0 Å². The molecule has 114 valence electrons. The third kappa shape index (κ3) is 4.29. The van der Waals surface area contributed by atoms with Gasteiger partial charge in [-0.15, -0.1) is 0 Å². The summed E-state index contributed by atoms with van der Waals surface area (Å²) < 4.78 is 22.5. The van der Waals surface area contributed by atoms with E-state index >= 15 is 0 Å². The van der Waals surface area contributed by atoms with Crippen molar-refractivity contribution in [3.8, 4) is 0 Å². The first-order chi connectivity index (χ1) is 9.78. The molecule has 0 aromatic heterocycles. The van der Waals surface area contributed by atoms with E-state index in [9.17, 15) is 18.0 Å². The van der Waals surface area contributed by atoms with Crippen LogP contribution in [0.1, 0.15) is 33.6 Å². The second-order valence-electron chi connectivity index (χ2n) is 5.25. The molecule has 21 heavy (non-hydrogen) atoms. The molecule has 2 rings (SSSR count). The van der Waals surface area contributed by atoms with Crippen LogP contribution in [0.15, 0.2) is 24.3 Å². The van der Waals surface area contributed by atoms with Gasteiger partial charge in [-0.1, -0.05) is 6.07 Å². The smallest absolute Gasteiger partial charge is 0.335 e. The fourth-order valence-electron chi connectivity index (χ4n) is 2.05. The summed E-state index contributed by atoms with van der Waals surface area (Å²) in [6, 6.07) is 5.85. The first kappa shape index (κ1) is 15.5. The van der Waals surface area contributed by atoms with E-state index in [0.717, 1.165) is 19.1 Å². The highest BCUT2D eigenvalue weighted by atomic mass is 32.2. The van der Waals surface area contributed by atoms with E-state index in [2.05, 4.69) is 0 Å². The third-order valence-corrected chi connectivity index (χ3v) is 4.23. The minimum atomic E-state index is -3.15. The van der Waals surface area contributed by atoms with Crippen molar-refractivity contribution >= 4 is 21.7 Å². The van der Waals surface area contributed by atoms with Crippen LogP contribution < -0.4 is 0 Å². The molecule has 1 amide bonds. The summed E-state index contributed by atoms with van der Waals surface area (Å²) in [5.41, 5.74) is 0.315. The molecule has 0 spiro atoms. The van der Waals surface area contributed by atoms with E-state index in [1.807, 2.05) is 0 Å². The van der Waals surface area contributed by atoms with Crippen molar-refractivity contribution in [2.45, 2.75) is 18.9 Å². The van der Waals surface area contributed by atoms with Gasteiger partial charge in [0, 0.05) is 24.4 Å². The van der Waals surface area contributed by atoms with Crippen molar-refractivity contribution in [2.75, 3.05) is 18.6 Å². The van der Waals surface area contributed by atoms with Crippen molar-refractivity contribution in [3.05, 3.63) is 35.4 Å². The summed E-state index contributed by atoms with van der Waals surface area (Å²) >= 11 is 0. The topological polar surface area (TPSA) is 91.8 Å². The fourth-order valence-corrected chi connectivity index (χ4v) is 2.58. The van der Waals surface area contributed by atoms with Crippen molar-refractivity contribution in [1.82, 2.24) is 4.90 Å². The molecule has 0 radical (unpaired) electrons. The third-order valence-electron chi connectivity index (χ3n) is 3.31. The van der Waals surface area contributed by atoms with E-state index < -0.39 is 15.8 Å². The molecule has 1 aliphatic carbocycles. The Morgan fingerprint density at radius 2 is 1.90 bits per heavy atom. The molecule has 0 unspecified atom stereocenters. The second-order valence-corrected chi connectivity index (χ2v) is 7.51. The van der Waals surface area contributed by atoms with Gasteiger partial charge < -0.3 is 10.0 Å². The van der Waals surface area contributed by atoms with Gasteiger partial charge in [-0.3, -0.25) is 4.79 Å².